The van der Waals surface area contributed by atoms with E-state index in [9.17, 15) is 0 Å². The first kappa shape index (κ1) is 30.0. The summed E-state index contributed by atoms with van der Waals surface area (Å²) in [6.45, 7) is 15.2. The fourth-order valence-corrected chi connectivity index (χ4v) is 21.8. The van der Waals surface area contributed by atoms with E-state index in [1.54, 1.807) is 0 Å². The molecular weight excluding hydrogens is 583 g/mol. The van der Waals surface area contributed by atoms with Crippen LogP contribution in [0.3, 0.4) is 0 Å². The quantitative estimate of drug-likeness (QED) is 0.442. The Hall–Kier alpha value is 0.290. The van der Waals surface area contributed by atoms with E-state index in [2.05, 4.69) is 54.1 Å². The molecule has 6 heterocycles. The second-order valence-corrected chi connectivity index (χ2v) is 19.7. The first-order valence-corrected chi connectivity index (χ1v) is 20.0. The van der Waals surface area contributed by atoms with E-state index in [0.29, 0.717) is 52.9 Å². The van der Waals surface area contributed by atoms with Gasteiger partial charge in [0.1, 0.15) is 0 Å². The number of nitrogens with zero attached hydrogens (tertiary/aromatic N) is 8. The molecule has 0 amide bonds. The van der Waals surface area contributed by atoms with E-state index in [1.165, 1.54) is 5.92 Å². The molecule has 0 bridgehead atoms. The number of rotatable bonds is 6. The van der Waals surface area contributed by atoms with Gasteiger partial charge in [-0.3, -0.25) is 5.09 Å². The van der Waals surface area contributed by atoms with Gasteiger partial charge in [0.2, 0.25) is 22.5 Å². The van der Waals surface area contributed by atoms with Crippen molar-refractivity contribution in [3.63, 3.8) is 0 Å². The van der Waals surface area contributed by atoms with Crippen LogP contribution in [-0.2, 0) is 18.9 Å². The van der Waals surface area contributed by atoms with Crippen LogP contribution in [0.2, 0.25) is 0 Å². The molecular formula is C25H45N9O4P3. The number of morpholine rings is 4. The second kappa shape index (κ2) is 13.3. The maximum Gasteiger partial charge on any atom is 0.221 e. The van der Waals surface area contributed by atoms with E-state index in [1.807, 2.05) is 0 Å². The van der Waals surface area contributed by atoms with Gasteiger partial charge in [0.05, 0.1) is 52.9 Å². The van der Waals surface area contributed by atoms with Crippen LogP contribution in [0.4, 0.5) is 0 Å². The molecule has 7 rings (SSSR count). The number of hydrogen-bond donors (Lipinski definition) is 1. The predicted molar refractivity (Wildman–Crippen MR) is 162 cm³/mol. The highest BCUT2D eigenvalue weighted by Gasteiger charge is 2.51. The standard InChI is InChI=1S/C25H45N9O4P3/c1-2-5-25(4-1)24-34-7-3-6-26-39(34)27-40(30-8-16-35-17-9-30,31-10-18-36-19-11-31)29-41(28-39,32-12-20-37-21-13-32)33-14-22-38-23-15-33/h1-2,4-5,26H,3,6-24H2. The summed E-state index contributed by atoms with van der Waals surface area (Å²) in [6.07, 6.45) is 9.83. The van der Waals surface area contributed by atoms with Gasteiger partial charge in [-0.05, 0) is 38.0 Å². The Morgan fingerprint density at radius 1 is 0.585 bits per heavy atom. The molecule has 0 aromatic carbocycles. The summed E-state index contributed by atoms with van der Waals surface area (Å²) < 4.78 is 54.9. The third-order valence-corrected chi connectivity index (χ3v) is 20.9. The predicted octanol–water partition coefficient (Wildman–Crippen LogP) is 2.87. The zero-order valence-electron chi connectivity index (χ0n) is 24.0. The van der Waals surface area contributed by atoms with E-state index >= 15 is 0 Å². The third kappa shape index (κ3) is 5.99. The molecule has 16 heteroatoms. The van der Waals surface area contributed by atoms with E-state index in [0.717, 1.165) is 78.4 Å². The van der Waals surface area contributed by atoms with Gasteiger partial charge in [0.15, 0.2) is 0 Å². The smallest absolute Gasteiger partial charge is 0.221 e. The molecule has 229 valence electrons. The monoisotopic (exact) mass is 628 g/mol. The fraction of sp³-hybridized carbons (Fsp3) is 0.800. The van der Waals surface area contributed by atoms with Crippen LogP contribution in [0.25, 0.3) is 0 Å². The van der Waals surface area contributed by atoms with Crippen LogP contribution in [0, 0.1) is 31.6 Å². The molecule has 1 N–H and O–H groups in total. The molecule has 1 spiro atoms. The van der Waals surface area contributed by atoms with Crippen LogP contribution < -0.4 is 5.09 Å². The fourth-order valence-electron chi connectivity index (χ4n) is 6.46. The molecule has 41 heavy (non-hydrogen) atoms. The molecule has 6 aliphatic heterocycles. The largest absolute Gasteiger partial charge is 0.379 e. The molecule has 5 radical (unpaired) electrons. The first-order valence-electron chi connectivity index (χ1n) is 15.2. The van der Waals surface area contributed by atoms with Crippen molar-refractivity contribution in [3.8, 4) is 0 Å². The lowest BCUT2D eigenvalue weighted by molar-refractivity contribution is 0.0547. The van der Waals surface area contributed by atoms with Crippen molar-refractivity contribution in [1.82, 2.24) is 28.4 Å². The Morgan fingerprint density at radius 2 is 1.02 bits per heavy atom. The highest BCUT2D eigenvalue weighted by atomic mass is 31.3. The normalized spacial score (nSPS) is 35.1. The first-order chi connectivity index (χ1) is 20.2. The van der Waals surface area contributed by atoms with Crippen molar-refractivity contribution in [1.29, 1.82) is 0 Å². The lowest BCUT2D eigenvalue weighted by Crippen LogP contribution is -2.47. The minimum atomic E-state index is -2.56. The highest BCUT2D eigenvalue weighted by molar-refractivity contribution is 7.83. The van der Waals surface area contributed by atoms with Gasteiger partial charge in [-0.2, -0.15) is 13.5 Å². The van der Waals surface area contributed by atoms with Crippen LogP contribution >= 0.6 is 22.5 Å². The SMILES string of the molecule is [CH]1[CH][CH][C](CN2CCCNP23=NP(N2CCOCC2)(N2CCOCC2)=NP(N2CCOCC2)(N2CCOCC2)=N3)[CH]1. The Kier molecular flexibility index (Phi) is 9.75. The molecule has 5 saturated heterocycles. The van der Waals surface area contributed by atoms with Crippen molar-refractivity contribution >= 4 is 22.5 Å². The summed E-state index contributed by atoms with van der Waals surface area (Å²) in [5.41, 5.74) is 0. The van der Waals surface area contributed by atoms with E-state index < -0.39 is 22.5 Å². The molecule has 1 saturated carbocycles. The molecule has 7 aliphatic rings. The molecule has 0 aromatic heterocycles. The average Bonchev–Trinajstić information content (AvgIpc) is 3.57. The lowest BCUT2D eigenvalue weighted by atomic mass is 10.1. The van der Waals surface area contributed by atoms with Crippen LogP contribution in [0.15, 0.2) is 13.5 Å². The number of hydrogen-bond acceptors (Lipinski definition) is 13. The summed E-state index contributed by atoms with van der Waals surface area (Å²) >= 11 is 0. The van der Waals surface area contributed by atoms with Crippen LogP contribution in [-0.4, -0.2) is 148 Å². The van der Waals surface area contributed by atoms with Crippen LogP contribution in [0.1, 0.15) is 6.42 Å². The Labute approximate surface area is 246 Å². The maximum absolute atomic E-state index is 6.15. The maximum atomic E-state index is 6.15. The lowest BCUT2D eigenvalue weighted by Gasteiger charge is -2.53. The highest BCUT2D eigenvalue weighted by Crippen LogP contribution is 2.82. The van der Waals surface area contributed by atoms with Crippen molar-refractivity contribution in [3.05, 3.63) is 31.6 Å². The van der Waals surface area contributed by atoms with Crippen molar-refractivity contribution in [2.75, 3.05) is 125 Å². The topological polar surface area (TPSA) is 102 Å². The van der Waals surface area contributed by atoms with Crippen molar-refractivity contribution in [2.45, 2.75) is 6.42 Å². The van der Waals surface area contributed by atoms with Gasteiger partial charge in [-0.1, -0.05) is 0 Å². The third-order valence-electron chi connectivity index (χ3n) is 8.61. The number of nitrogens with one attached hydrogen (secondary N) is 1. The number of ether oxygens (including phenoxy) is 4. The summed E-state index contributed by atoms with van der Waals surface area (Å²) in [6, 6.07) is 0. The summed E-state index contributed by atoms with van der Waals surface area (Å²) in [5.74, 6) is 1.32. The van der Waals surface area contributed by atoms with E-state index in [-0.39, 0.29) is 0 Å². The summed E-state index contributed by atoms with van der Waals surface area (Å²) in [5, 5.41) is 4.03. The van der Waals surface area contributed by atoms with Gasteiger partial charge < -0.3 is 18.9 Å². The molecule has 1 atom stereocenters. The molecule has 13 nitrogen and oxygen atoms in total. The summed E-state index contributed by atoms with van der Waals surface area (Å²) in [7, 11) is -7.67. The van der Waals surface area contributed by atoms with E-state index in [4.69, 9.17) is 32.5 Å². The summed E-state index contributed by atoms with van der Waals surface area (Å²) in [4.78, 5) is 0. The Balaban J connectivity index is 1.47. The Bertz CT molecular complexity index is 983. The minimum Gasteiger partial charge on any atom is -0.379 e. The van der Waals surface area contributed by atoms with Gasteiger partial charge >= 0.3 is 0 Å². The zero-order chi connectivity index (χ0) is 27.6. The molecule has 6 fully saturated rings. The minimum absolute atomic E-state index is 0.713. The average molecular weight is 629 g/mol. The van der Waals surface area contributed by atoms with Crippen LogP contribution in [0.5, 0.6) is 0 Å². The molecule has 1 aliphatic carbocycles. The van der Waals surface area contributed by atoms with Crippen molar-refractivity contribution < 1.29 is 18.9 Å². The van der Waals surface area contributed by atoms with Gasteiger partial charge in [0.25, 0.3) is 0 Å². The Morgan fingerprint density at radius 3 is 1.49 bits per heavy atom. The molecule has 1 unspecified atom stereocenters. The van der Waals surface area contributed by atoms with Crippen molar-refractivity contribution in [2.24, 2.45) is 13.5 Å². The van der Waals surface area contributed by atoms with Gasteiger partial charge in [-0.25, -0.2) is 23.4 Å². The second-order valence-electron chi connectivity index (χ2n) is 11.1. The van der Waals surface area contributed by atoms with Gasteiger partial charge in [-0.15, -0.1) is 0 Å². The zero-order valence-corrected chi connectivity index (χ0v) is 26.7. The van der Waals surface area contributed by atoms with Gasteiger partial charge in [0, 0.05) is 72.0 Å². The molecule has 0 aromatic rings.